The Bertz CT molecular complexity index is 588. The molecule has 0 bridgehead atoms. The highest BCUT2D eigenvalue weighted by Crippen LogP contribution is 2.18. The maximum atomic E-state index is 12.9. The highest BCUT2D eigenvalue weighted by atomic mass is 19.1. The van der Waals surface area contributed by atoms with E-state index in [2.05, 4.69) is 5.32 Å². The van der Waals surface area contributed by atoms with Crippen molar-refractivity contribution in [3.05, 3.63) is 35.6 Å². The van der Waals surface area contributed by atoms with E-state index in [1.54, 1.807) is 12.1 Å². The van der Waals surface area contributed by atoms with Crippen LogP contribution in [-0.2, 0) is 16.0 Å². The number of amides is 2. The van der Waals surface area contributed by atoms with E-state index in [1.807, 2.05) is 25.7 Å². The van der Waals surface area contributed by atoms with Crippen LogP contribution in [0.3, 0.4) is 0 Å². The number of hydrogen-bond donors (Lipinski definition) is 1. The van der Waals surface area contributed by atoms with Crippen LogP contribution in [0.25, 0.3) is 0 Å². The van der Waals surface area contributed by atoms with Crippen molar-refractivity contribution in [1.82, 2.24) is 10.2 Å². The van der Waals surface area contributed by atoms with Crippen LogP contribution in [0.2, 0.25) is 0 Å². The normalized spacial score (nSPS) is 15.8. The second-order valence-corrected chi connectivity index (χ2v) is 7.51. The number of carbonyl (C=O) groups is 2. The third kappa shape index (κ3) is 6.72. The van der Waals surface area contributed by atoms with Crippen molar-refractivity contribution < 1.29 is 18.7 Å². The number of hydrogen-bond acceptors (Lipinski definition) is 3. The van der Waals surface area contributed by atoms with Crippen molar-refractivity contribution in [3.63, 3.8) is 0 Å². The van der Waals surface area contributed by atoms with E-state index in [-0.39, 0.29) is 11.7 Å². The minimum atomic E-state index is -0.500. The Labute approximate surface area is 148 Å². The molecule has 1 N–H and O–H groups in total. The third-order valence-corrected chi connectivity index (χ3v) is 4.17. The molecule has 6 heteroatoms. The first-order valence-corrected chi connectivity index (χ1v) is 8.72. The molecule has 0 aromatic heterocycles. The molecule has 0 aliphatic carbocycles. The molecule has 5 nitrogen and oxygen atoms in total. The van der Waals surface area contributed by atoms with Crippen molar-refractivity contribution in [2.75, 3.05) is 19.6 Å². The number of piperidine rings is 1. The van der Waals surface area contributed by atoms with Gasteiger partial charge in [0.2, 0.25) is 5.91 Å². The molecule has 0 radical (unpaired) electrons. The molecule has 2 amide bonds. The molecule has 1 fully saturated rings. The van der Waals surface area contributed by atoms with E-state index < -0.39 is 11.7 Å². The zero-order valence-corrected chi connectivity index (χ0v) is 15.2. The Balaban J connectivity index is 1.71. The van der Waals surface area contributed by atoms with E-state index in [0.29, 0.717) is 32.0 Å². The maximum absolute atomic E-state index is 12.9. The minimum absolute atomic E-state index is 0.0603. The Morgan fingerprint density at radius 3 is 2.36 bits per heavy atom. The lowest BCUT2D eigenvalue weighted by Gasteiger charge is -2.32. The van der Waals surface area contributed by atoms with E-state index >= 15 is 0 Å². The van der Waals surface area contributed by atoms with Gasteiger partial charge >= 0.3 is 6.09 Å². The first-order valence-electron chi connectivity index (χ1n) is 8.72. The van der Waals surface area contributed by atoms with Gasteiger partial charge in [0.15, 0.2) is 0 Å². The van der Waals surface area contributed by atoms with Gasteiger partial charge in [0.1, 0.15) is 11.4 Å². The van der Waals surface area contributed by atoms with E-state index in [9.17, 15) is 14.0 Å². The molecular formula is C19H27FN2O3. The van der Waals surface area contributed by atoms with Crippen molar-refractivity contribution in [3.8, 4) is 0 Å². The SMILES string of the molecule is CC(C)(C)OC(=O)NCC1CCN(C(=O)Cc2ccc(F)cc2)CC1. The number of benzene rings is 1. The fraction of sp³-hybridized carbons (Fsp3) is 0.579. The van der Waals surface area contributed by atoms with E-state index in [4.69, 9.17) is 4.74 Å². The van der Waals surface area contributed by atoms with Crippen molar-refractivity contribution in [2.45, 2.75) is 45.6 Å². The average molecular weight is 350 g/mol. The van der Waals surface area contributed by atoms with Gasteiger partial charge in [-0.15, -0.1) is 0 Å². The highest BCUT2D eigenvalue weighted by molar-refractivity contribution is 5.78. The molecule has 0 saturated carbocycles. The number of halogens is 1. The summed E-state index contributed by atoms with van der Waals surface area (Å²) in [6, 6.07) is 6.03. The van der Waals surface area contributed by atoms with Crippen molar-refractivity contribution in [1.29, 1.82) is 0 Å². The van der Waals surface area contributed by atoms with Crippen LogP contribution in [0.1, 0.15) is 39.2 Å². The summed E-state index contributed by atoms with van der Waals surface area (Å²) in [5.41, 5.74) is 0.320. The minimum Gasteiger partial charge on any atom is -0.444 e. The number of carbonyl (C=O) groups excluding carboxylic acids is 2. The molecule has 1 saturated heterocycles. The summed E-state index contributed by atoms with van der Waals surface area (Å²) in [6.07, 6.45) is 1.60. The monoisotopic (exact) mass is 350 g/mol. The Kier molecular flexibility index (Phi) is 6.39. The fourth-order valence-corrected chi connectivity index (χ4v) is 2.82. The highest BCUT2D eigenvalue weighted by Gasteiger charge is 2.24. The first-order chi connectivity index (χ1) is 11.7. The van der Waals surface area contributed by atoms with Gasteiger partial charge in [0.25, 0.3) is 0 Å². The number of ether oxygens (including phenoxy) is 1. The third-order valence-electron chi connectivity index (χ3n) is 4.17. The average Bonchev–Trinajstić information content (AvgIpc) is 2.54. The molecule has 1 aromatic rings. The van der Waals surface area contributed by atoms with Crippen LogP contribution in [0.4, 0.5) is 9.18 Å². The molecule has 2 rings (SSSR count). The van der Waals surface area contributed by atoms with Crippen LogP contribution in [0.15, 0.2) is 24.3 Å². The Morgan fingerprint density at radius 1 is 1.20 bits per heavy atom. The number of likely N-dealkylation sites (tertiary alicyclic amines) is 1. The van der Waals surface area contributed by atoms with Gasteiger partial charge in [0, 0.05) is 19.6 Å². The summed E-state index contributed by atoms with van der Waals surface area (Å²) < 4.78 is 18.1. The summed E-state index contributed by atoms with van der Waals surface area (Å²) in [5, 5.41) is 2.80. The van der Waals surface area contributed by atoms with E-state index in [0.717, 1.165) is 18.4 Å². The van der Waals surface area contributed by atoms with Crippen LogP contribution < -0.4 is 5.32 Å². The van der Waals surface area contributed by atoms with Crippen LogP contribution in [-0.4, -0.2) is 42.1 Å². The topological polar surface area (TPSA) is 58.6 Å². The summed E-state index contributed by atoms with van der Waals surface area (Å²) in [7, 11) is 0. The lowest BCUT2D eigenvalue weighted by molar-refractivity contribution is -0.131. The second kappa shape index (κ2) is 8.32. The quantitative estimate of drug-likeness (QED) is 0.908. The molecule has 25 heavy (non-hydrogen) atoms. The summed E-state index contributed by atoms with van der Waals surface area (Å²) >= 11 is 0. The molecular weight excluding hydrogens is 323 g/mol. The molecule has 1 aliphatic rings. The van der Waals surface area contributed by atoms with Crippen LogP contribution >= 0.6 is 0 Å². The number of rotatable bonds is 4. The molecule has 1 aromatic carbocycles. The van der Waals surface area contributed by atoms with Gasteiger partial charge in [0.05, 0.1) is 6.42 Å². The van der Waals surface area contributed by atoms with Gasteiger partial charge in [-0.05, 0) is 57.2 Å². The Hall–Kier alpha value is -2.11. The summed E-state index contributed by atoms with van der Waals surface area (Å²) in [6.45, 7) is 7.42. The molecule has 0 atom stereocenters. The molecule has 0 unspecified atom stereocenters. The molecule has 1 aliphatic heterocycles. The number of nitrogens with one attached hydrogen (secondary N) is 1. The maximum Gasteiger partial charge on any atom is 0.407 e. The van der Waals surface area contributed by atoms with Gasteiger partial charge in [-0.2, -0.15) is 0 Å². The zero-order chi connectivity index (χ0) is 18.4. The number of alkyl carbamates (subject to hydrolysis) is 1. The largest absolute Gasteiger partial charge is 0.444 e. The first kappa shape index (κ1) is 19.2. The standard InChI is InChI=1S/C19H27FN2O3/c1-19(2,3)25-18(24)21-13-15-8-10-22(11-9-15)17(23)12-14-4-6-16(20)7-5-14/h4-7,15H,8-13H2,1-3H3,(H,21,24). The van der Waals surface area contributed by atoms with Gasteiger partial charge in [-0.1, -0.05) is 12.1 Å². The fourth-order valence-electron chi connectivity index (χ4n) is 2.82. The molecule has 138 valence electrons. The van der Waals surface area contributed by atoms with Crippen molar-refractivity contribution >= 4 is 12.0 Å². The predicted molar refractivity (Wildman–Crippen MR) is 93.6 cm³/mol. The summed E-state index contributed by atoms with van der Waals surface area (Å²) in [5.74, 6) is 0.113. The zero-order valence-electron chi connectivity index (χ0n) is 15.2. The second-order valence-electron chi connectivity index (χ2n) is 7.51. The lowest BCUT2D eigenvalue weighted by atomic mass is 9.96. The molecule has 1 heterocycles. The van der Waals surface area contributed by atoms with Crippen LogP contribution in [0, 0.1) is 11.7 Å². The molecule has 0 spiro atoms. The van der Waals surface area contributed by atoms with Crippen LogP contribution in [0.5, 0.6) is 0 Å². The predicted octanol–water partition coefficient (Wildman–Crippen LogP) is 3.13. The smallest absolute Gasteiger partial charge is 0.407 e. The Morgan fingerprint density at radius 2 is 1.80 bits per heavy atom. The number of nitrogens with zero attached hydrogens (tertiary/aromatic N) is 1. The summed E-state index contributed by atoms with van der Waals surface area (Å²) in [4.78, 5) is 25.8. The van der Waals surface area contributed by atoms with E-state index in [1.165, 1.54) is 12.1 Å². The lowest BCUT2D eigenvalue weighted by Crippen LogP contribution is -2.42. The van der Waals surface area contributed by atoms with Gasteiger partial charge in [-0.3, -0.25) is 4.79 Å². The van der Waals surface area contributed by atoms with Gasteiger partial charge in [-0.25, -0.2) is 9.18 Å². The van der Waals surface area contributed by atoms with Gasteiger partial charge < -0.3 is 15.0 Å². The van der Waals surface area contributed by atoms with Crippen molar-refractivity contribution in [2.24, 2.45) is 5.92 Å².